The predicted octanol–water partition coefficient (Wildman–Crippen LogP) is 2.50. The molecule has 20 heavy (non-hydrogen) atoms. The lowest BCUT2D eigenvalue weighted by molar-refractivity contribution is 0.187. The summed E-state index contributed by atoms with van der Waals surface area (Å²) < 4.78 is 26.5. The van der Waals surface area contributed by atoms with E-state index in [4.69, 9.17) is 9.05 Å². The number of nitrogens with zero attached hydrogens (tertiary/aromatic N) is 3. The van der Waals surface area contributed by atoms with Crippen LogP contribution in [0.5, 0.6) is 0 Å². The highest BCUT2D eigenvalue weighted by molar-refractivity contribution is 7.56. The maximum atomic E-state index is 13.3. The average Bonchev–Trinajstić information content (AvgIpc) is 3.00. The molecule has 8 heteroatoms. The van der Waals surface area contributed by atoms with Crippen LogP contribution in [0.3, 0.4) is 0 Å². The fourth-order valence-corrected chi connectivity index (χ4v) is 5.69. The molecule has 0 unspecified atom stereocenters. The molecule has 1 aromatic rings. The first kappa shape index (κ1) is 14.0. The van der Waals surface area contributed by atoms with Gasteiger partial charge < -0.3 is 14.5 Å². The second kappa shape index (κ2) is 5.13. The number of nitrogens with one attached hydrogen (secondary N) is 1. The fraction of sp³-hybridized carbons (Fsp3) is 0.833. The van der Waals surface area contributed by atoms with Crippen molar-refractivity contribution in [2.45, 2.75) is 63.4 Å². The molecule has 1 aliphatic heterocycles. The maximum absolute atomic E-state index is 13.3. The predicted molar refractivity (Wildman–Crippen MR) is 73.9 cm³/mol. The van der Waals surface area contributed by atoms with Crippen LogP contribution < -0.4 is 5.43 Å². The van der Waals surface area contributed by atoms with Crippen LogP contribution in [-0.4, -0.2) is 32.4 Å². The molecular formula is C12H21N4O3P. The van der Waals surface area contributed by atoms with Crippen molar-refractivity contribution in [3.05, 3.63) is 12.7 Å². The molecule has 1 saturated carbocycles. The van der Waals surface area contributed by atoms with Gasteiger partial charge >= 0.3 is 7.60 Å². The largest absolute Gasteiger partial charge is 0.357 e. The highest BCUT2D eigenvalue weighted by atomic mass is 31.2. The highest BCUT2D eigenvalue weighted by Gasteiger charge is 2.57. The third kappa shape index (κ3) is 2.28. The Bertz CT molecular complexity index is 487. The summed E-state index contributed by atoms with van der Waals surface area (Å²) in [5.74, 6) is 0. The molecule has 0 aromatic carbocycles. The molecule has 1 saturated heterocycles. The second-order valence-corrected chi connectivity index (χ2v) is 7.96. The first-order valence-corrected chi connectivity index (χ1v) is 8.69. The van der Waals surface area contributed by atoms with E-state index in [9.17, 15) is 4.57 Å². The molecule has 2 atom stereocenters. The monoisotopic (exact) mass is 300 g/mol. The summed E-state index contributed by atoms with van der Waals surface area (Å²) in [5.41, 5.74) is 3.28. The van der Waals surface area contributed by atoms with Crippen molar-refractivity contribution in [1.82, 2.24) is 14.9 Å². The molecule has 0 radical (unpaired) electrons. The van der Waals surface area contributed by atoms with Gasteiger partial charge in [-0.15, -0.1) is 10.2 Å². The standard InChI is InChI=1S/C12H21N4O3P/c1-10-11(2)19-20(17,18-10)12(6-4-3-5-7-12)15-16-8-13-14-9-16/h8-11,15H,3-7H2,1-2H3/t10-,11-/m1/s1. The van der Waals surface area contributed by atoms with E-state index in [1.807, 2.05) is 13.8 Å². The molecule has 1 aliphatic carbocycles. The van der Waals surface area contributed by atoms with E-state index in [2.05, 4.69) is 15.6 Å². The lowest BCUT2D eigenvalue weighted by Crippen LogP contribution is -2.44. The molecule has 2 heterocycles. The van der Waals surface area contributed by atoms with Crippen LogP contribution in [0.1, 0.15) is 46.0 Å². The van der Waals surface area contributed by atoms with E-state index < -0.39 is 12.9 Å². The number of hydrogen-bond acceptors (Lipinski definition) is 6. The summed E-state index contributed by atoms with van der Waals surface area (Å²) in [6.45, 7) is 3.80. The number of rotatable bonds is 3. The number of hydrogen-bond donors (Lipinski definition) is 1. The third-order valence-corrected chi connectivity index (χ3v) is 7.05. The summed E-state index contributed by atoms with van der Waals surface area (Å²) in [4.78, 5) is 0. The van der Waals surface area contributed by atoms with Gasteiger partial charge in [-0.25, -0.2) is 4.68 Å². The van der Waals surface area contributed by atoms with E-state index in [-0.39, 0.29) is 12.2 Å². The Morgan fingerprint density at radius 3 is 2.25 bits per heavy atom. The molecule has 3 rings (SSSR count). The molecule has 7 nitrogen and oxygen atoms in total. The van der Waals surface area contributed by atoms with Crippen LogP contribution >= 0.6 is 7.60 Å². The van der Waals surface area contributed by atoms with E-state index in [1.54, 1.807) is 17.3 Å². The Hall–Kier alpha value is -0.910. The first-order chi connectivity index (χ1) is 9.55. The topological polar surface area (TPSA) is 78.3 Å². The van der Waals surface area contributed by atoms with Crippen molar-refractivity contribution >= 4 is 7.60 Å². The van der Waals surface area contributed by atoms with Gasteiger partial charge in [-0.3, -0.25) is 4.57 Å². The van der Waals surface area contributed by atoms with Gasteiger partial charge in [-0.1, -0.05) is 19.3 Å². The zero-order valence-corrected chi connectivity index (χ0v) is 12.8. The van der Waals surface area contributed by atoms with Crippen LogP contribution in [0, 0.1) is 0 Å². The van der Waals surface area contributed by atoms with Gasteiger partial charge in [-0.05, 0) is 26.7 Å². The summed E-state index contributed by atoms with van der Waals surface area (Å²) in [7, 11) is -3.22. The Labute approximate surface area is 118 Å². The van der Waals surface area contributed by atoms with Gasteiger partial charge in [0.15, 0.2) is 5.28 Å². The van der Waals surface area contributed by atoms with Crippen LogP contribution in [0.2, 0.25) is 0 Å². The highest BCUT2D eigenvalue weighted by Crippen LogP contribution is 2.68. The summed E-state index contributed by atoms with van der Waals surface area (Å²) in [5, 5.41) is 6.88. The van der Waals surface area contributed by atoms with Crippen LogP contribution in [0.25, 0.3) is 0 Å². The Balaban J connectivity index is 1.91. The normalized spacial score (nSPS) is 32.1. The van der Waals surface area contributed by atoms with Crippen LogP contribution in [0.4, 0.5) is 0 Å². The van der Waals surface area contributed by atoms with Crippen molar-refractivity contribution < 1.29 is 13.6 Å². The lowest BCUT2D eigenvalue weighted by atomic mass is 9.95. The van der Waals surface area contributed by atoms with Gasteiger partial charge in [-0.2, -0.15) is 0 Å². The first-order valence-electron chi connectivity index (χ1n) is 7.14. The quantitative estimate of drug-likeness (QED) is 0.864. The maximum Gasteiger partial charge on any atom is 0.357 e. The minimum absolute atomic E-state index is 0.151. The second-order valence-electron chi connectivity index (χ2n) is 5.69. The van der Waals surface area contributed by atoms with E-state index in [1.165, 1.54) is 0 Å². The minimum atomic E-state index is -3.22. The Morgan fingerprint density at radius 2 is 1.70 bits per heavy atom. The fourth-order valence-electron chi connectivity index (χ4n) is 2.92. The molecule has 1 N–H and O–H groups in total. The molecule has 1 aromatic heterocycles. The van der Waals surface area contributed by atoms with Crippen molar-refractivity contribution in [2.24, 2.45) is 0 Å². The van der Waals surface area contributed by atoms with E-state index >= 15 is 0 Å². The molecule has 0 amide bonds. The zero-order valence-electron chi connectivity index (χ0n) is 11.9. The Kier molecular flexibility index (Phi) is 3.60. The third-order valence-electron chi connectivity index (χ3n) is 4.23. The SMILES string of the molecule is C[C@H]1OP(=O)(C2(Nn3cnnc3)CCCCC2)O[C@@H]1C. The average molecular weight is 300 g/mol. The molecule has 0 bridgehead atoms. The van der Waals surface area contributed by atoms with Crippen LogP contribution in [-0.2, 0) is 13.6 Å². The number of aromatic nitrogens is 3. The van der Waals surface area contributed by atoms with E-state index in [0.29, 0.717) is 0 Å². The molecule has 2 aliphatic rings. The summed E-state index contributed by atoms with van der Waals surface area (Å²) in [6, 6.07) is 0. The minimum Gasteiger partial charge on any atom is -0.305 e. The smallest absolute Gasteiger partial charge is 0.305 e. The van der Waals surface area contributed by atoms with Gasteiger partial charge in [0, 0.05) is 0 Å². The molecule has 112 valence electrons. The molecule has 0 spiro atoms. The lowest BCUT2D eigenvalue weighted by Gasteiger charge is -2.40. The van der Waals surface area contributed by atoms with Gasteiger partial charge in [0.2, 0.25) is 0 Å². The van der Waals surface area contributed by atoms with Crippen molar-refractivity contribution in [3.63, 3.8) is 0 Å². The Morgan fingerprint density at radius 1 is 1.15 bits per heavy atom. The van der Waals surface area contributed by atoms with Crippen LogP contribution in [0.15, 0.2) is 12.7 Å². The molecular weight excluding hydrogens is 279 g/mol. The van der Waals surface area contributed by atoms with Gasteiger partial charge in [0.1, 0.15) is 12.7 Å². The van der Waals surface area contributed by atoms with Gasteiger partial charge in [0.05, 0.1) is 12.2 Å². The molecule has 2 fully saturated rings. The van der Waals surface area contributed by atoms with Crippen molar-refractivity contribution in [3.8, 4) is 0 Å². The summed E-state index contributed by atoms with van der Waals surface area (Å²) >= 11 is 0. The van der Waals surface area contributed by atoms with Gasteiger partial charge in [0.25, 0.3) is 0 Å². The zero-order chi connectivity index (χ0) is 14.2. The van der Waals surface area contributed by atoms with Crippen molar-refractivity contribution in [1.29, 1.82) is 0 Å². The summed E-state index contributed by atoms with van der Waals surface area (Å²) in [6.07, 6.45) is 7.52. The van der Waals surface area contributed by atoms with E-state index in [0.717, 1.165) is 32.1 Å². The van der Waals surface area contributed by atoms with Crippen molar-refractivity contribution in [2.75, 3.05) is 5.43 Å².